The van der Waals surface area contributed by atoms with Gasteiger partial charge in [0.25, 0.3) is 0 Å². The van der Waals surface area contributed by atoms with Crippen LogP contribution in [0.25, 0.3) is 0 Å². The van der Waals surface area contributed by atoms with E-state index in [1.54, 1.807) is 5.57 Å². The van der Waals surface area contributed by atoms with E-state index in [4.69, 9.17) is 4.74 Å². The fraction of sp³-hybridized carbons (Fsp3) is 0.852. The van der Waals surface area contributed by atoms with E-state index in [0.29, 0.717) is 36.7 Å². The highest BCUT2D eigenvalue weighted by molar-refractivity contribution is 5.28. The summed E-state index contributed by atoms with van der Waals surface area (Å²) in [7, 11) is 0. The van der Waals surface area contributed by atoms with Crippen molar-refractivity contribution in [3.8, 4) is 0 Å². The lowest BCUT2D eigenvalue weighted by atomic mass is 9.60. The minimum atomic E-state index is -0.673. The Morgan fingerprint density at radius 3 is 2.45 bits per heavy atom. The number of allylic oxidation sites excluding steroid dienone is 3. The first kappa shape index (κ1) is 23.5. The molecular formula is C27H44O4. The molecule has 3 saturated carbocycles. The van der Waals surface area contributed by atoms with Crippen LogP contribution in [-0.4, -0.2) is 45.3 Å². The first-order valence-electron chi connectivity index (χ1n) is 12.7. The number of ether oxygens (including phenoxy) is 1. The molecule has 4 heteroatoms. The van der Waals surface area contributed by atoms with E-state index in [-0.39, 0.29) is 0 Å². The third kappa shape index (κ3) is 4.69. The maximum absolute atomic E-state index is 10.4. The first-order chi connectivity index (χ1) is 14.6. The minimum Gasteiger partial charge on any atom is -0.390 e. The van der Waals surface area contributed by atoms with Gasteiger partial charge in [0.1, 0.15) is 5.60 Å². The van der Waals surface area contributed by atoms with Crippen LogP contribution in [0, 0.1) is 23.2 Å². The number of epoxide rings is 1. The van der Waals surface area contributed by atoms with Crippen molar-refractivity contribution in [3.63, 3.8) is 0 Å². The van der Waals surface area contributed by atoms with Gasteiger partial charge in [0.15, 0.2) is 0 Å². The summed E-state index contributed by atoms with van der Waals surface area (Å²) in [6.45, 7) is 9.28. The second kappa shape index (κ2) is 8.59. The Balaban J connectivity index is 1.41. The van der Waals surface area contributed by atoms with Crippen LogP contribution in [0.4, 0.5) is 0 Å². The quantitative estimate of drug-likeness (QED) is 0.521. The van der Waals surface area contributed by atoms with Crippen molar-refractivity contribution in [3.05, 3.63) is 23.3 Å². The summed E-state index contributed by atoms with van der Waals surface area (Å²) in [5.74, 6) is 2.13. The molecule has 0 aromatic heterocycles. The van der Waals surface area contributed by atoms with E-state index in [2.05, 4.69) is 26.0 Å². The number of hydrogen-bond donors (Lipinski definition) is 3. The normalized spacial score (nSPS) is 42.7. The molecule has 1 heterocycles. The lowest BCUT2D eigenvalue weighted by Crippen LogP contribution is -2.45. The summed E-state index contributed by atoms with van der Waals surface area (Å²) in [6, 6.07) is 0. The summed E-state index contributed by atoms with van der Waals surface area (Å²) >= 11 is 0. The van der Waals surface area contributed by atoms with Gasteiger partial charge >= 0.3 is 0 Å². The smallest absolute Gasteiger partial charge is 0.144 e. The summed E-state index contributed by atoms with van der Waals surface area (Å²) in [6.07, 6.45) is 14.2. The van der Waals surface area contributed by atoms with Crippen molar-refractivity contribution in [2.45, 2.75) is 115 Å². The Bertz CT molecular complexity index is 697. The van der Waals surface area contributed by atoms with Gasteiger partial charge in [0.2, 0.25) is 0 Å². The Labute approximate surface area is 188 Å². The van der Waals surface area contributed by atoms with Crippen LogP contribution < -0.4 is 0 Å². The Morgan fingerprint density at radius 1 is 1.16 bits per heavy atom. The zero-order valence-corrected chi connectivity index (χ0v) is 20.1. The molecule has 1 saturated heterocycles. The molecule has 3 N–H and O–H groups in total. The molecule has 1 spiro atoms. The molecule has 0 radical (unpaired) electrons. The van der Waals surface area contributed by atoms with Gasteiger partial charge in [-0.05, 0) is 88.4 Å². The molecule has 3 unspecified atom stereocenters. The largest absolute Gasteiger partial charge is 0.390 e. The second-order valence-corrected chi connectivity index (χ2v) is 12.0. The molecule has 0 bridgehead atoms. The second-order valence-electron chi connectivity index (χ2n) is 12.0. The highest BCUT2D eigenvalue weighted by atomic mass is 16.6. The minimum absolute atomic E-state index is 0.383. The lowest BCUT2D eigenvalue weighted by molar-refractivity contribution is -0.0292. The predicted octanol–water partition coefficient (Wildman–Crippen LogP) is 4.92. The van der Waals surface area contributed by atoms with Crippen LogP contribution in [0.5, 0.6) is 0 Å². The average molecular weight is 433 g/mol. The van der Waals surface area contributed by atoms with Gasteiger partial charge in [-0.1, -0.05) is 50.0 Å². The maximum atomic E-state index is 10.4. The summed E-state index contributed by atoms with van der Waals surface area (Å²) in [4.78, 5) is 0. The predicted molar refractivity (Wildman–Crippen MR) is 124 cm³/mol. The van der Waals surface area contributed by atoms with Crippen molar-refractivity contribution >= 4 is 0 Å². The Hall–Kier alpha value is -0.680. The van der Waals surface area contributed by atoms with E-state index >= 15 is 0 Å². The van der Waals surface area contributed by atoms with Gasteiger partial charge in [-0.15, -0.1) is 0 Å². The number of hydrogen-bond acceptors (Lipinski definition) is 4. The molecule has 0 amide bonds. The third-order valence-corrected chi connectivity index (χ3v) is 9.22. The zero-order valence-electron chi connectivity index (χ0n) is 20.1. The molecule has 1 aliphatic heterocycles. The molecule has 4 aliphatic rings. The Kier molecular flexibility index (Phi) is 6.51. The van der Waals surface area contributed by atoms with Gasteiger partial charge in [0.05, 0.1) is 24.4 Å². The average Bonchev–Trinajstić information content (AvgIpc) is 3.40. The zero-order chi connectivity index (χ0) is 22.4. The van der Waals surface area contributed by atoms with E-state index in [1.165, 1.54) is 38.5 Å². The van der Waals surface area contributed by atoms with Crippen LogP contribution in [0.3, 0.4) is 0 Å². The highest BCUT2D eigenvalue weighted by Crippen LogP contribution is 2.60. The fourth-order valence-electron chi connectivity index (χ4n) is 7.25. The topological polar surface area (TPSA) is 73.2 Å². The van der Waals surface area contributed by atoms with Crippen LogP contribution in [0.15, 0.2) is 23.3 Å². The van der Waals surface area contributed by atoms with Crippen LogP contribution in [0.2, 0.25) is 0 Å². The highest BCUT2D eigenvalue weighted by Gasteiger charge is 2.59. The molecule has 31 heavy (non-hydrogen) atoms. The van der Waals surface area contributed by atoms with Crippen molar-refractivity contribution in [2.75, 3.05) is 6.61 Å². The van der Waals surface area contributed by atoms with E-state index in [0.717, 1.165) is 24.3 Å². The molecule has 3 aliphatic carbocycles. The lowest BCUT2D eigenvalue weighted by Gasteiger charge is -2.44. The molecule has 176 valence electrons. The van der Waals surface area contributed by atoms with Crippen molar-refractivity contribution in [1.29, 1.82) is 0 Å². The molecule has 0 aromatic rings. The third-order valence-electron chi connectivity index (χ3n) is 9.22. The van der Waals surface area contributed by atoms with Gasteiger partial charge in [-0.2, -0.15) is 0 Å². The summed E-state index contributed by atoms with van der Waals surface area (Å²) < 4.78 is 5.40. The molecule has 0 aromatic carbocycles. The first-order valence-corrected chi connectivity index (χ1v) is 12.7. The molecule has 4 rings (SSSR count). The van der Waals surface area contributed by atoms with E-state index in [1.807, 2.05) is 13.8 Å². The number of aliphatic hydroxyl groups is 3. The molecule has 4 nitrogen and oxygen atoms in total. The monoisotopic (exact) mass is 432 g/mol. The van der Waals surface area contributed by atoms with Crippen LogP contribution in [0.1, 0.15) is 91.9 Å². The van der Waals surface area contributed by atoms with Crippen molar-refractivity contribution < 1.29 is 20.1 Å². The SMILES string of the molecule is C[C@@H](CCCC(C)(C)O)C1CCC2C(=CC=C3C[C@@H](O)C4(CO4)[C@H](O)C3)CCCC21C. The summed E-state index contributed by atoms with van der Waals surface area (Å²) in [5, 5.41) is 30.9. The van der Waals surface area contributed by atoms with Crippen molar-refractivity contribution in [2.24, 2.45) is 23.2 Å². The molecular weight excluding hydrogens is 388 g/mol. The van der Waals surface area contributed by atoms with Gasteiger partial charge in [-0.3, -0.25) is 0 Å². The molecule has 4 fully saturated rings. The fourth-order valence-corrected chi connectivity index (χ4v) is 7.25. The standard InChI is InChI=1S/C27H44O4/c1-18(7-5-13-25(2,3)30)21-11-12-22-20(8-6-14-26(21,22)4)10-9-19-15-23(28)27(17-31-27)24(29)16-19/h9-10,18,21-24,28-30H,5-8,11-17H2,1-4H3/t18-,21?,22?,23+,24+,26?,27?/m0/s1. The van der Waals surface area contributed by atoms with Gasteiger partial charge < -0.3 is 20.1 Å². The summed E-state index contributed by atoms with van der Waals surface area (Å²) in [5.41, 5.74) is 1.89. The number of rotatable bonds is 6. The Morgan fingerprint density at radius 2 is 1.84 bits per heavy atom. The van der Waals surface area contributed by atoms with E-state index < -0.39 is 23.4 Å². The van der Waals surface area contributed by atoms with Crippen LogP contribution >= 0.6 is 0 Å². The molecule has 6 atom stereocenters. The number of aliphatic hydroxyl groups excluding tert-OH is 2. The maximum Gasteiger partial charge on any atom is 0.144 e. The van der Waals surface area contributed by atoms with Gasteiger partial charge in [-0.25, -0.2) is 0 Å². The van der Waals surface area contributed by atoms with Gasteiger partial charge in [0, 0.05) is 0 Å². The van der Waals surface area contributed by atoms with Crippen LogP contribution in [-0.2, 0) is 4.74 Å². The van der Waals surface area contributed by atoms with Crippen molar-refractivity contribution in [1.82, 2.24) is 0 Å². The van der Waals surface area contributed by atoms with E-state index in [9.17, 15) is 15.3 Å². The number of fused-ring (bicyclic) bond motifs is 1.